The summed E-state index contributed by atoms with van der Waals surface area (Å²) in [6.07, 6.45) is 0. The van der Waals surface area contributed by atoms with Crippen molar-refractivity contribution in [1.82, 2.24) is 15.5 Å². The van der Waals surface area contributed by atoms with Crippen LogP contribution in [-0.4, -0.2) is 16.8 Å². The van der Waals surface area contributed by atoms with Gasteiger partial charge >= 0.3 is 6.61 Å². The van der Waals surface area contributed by atoms with Gasteiger partial charge in [-0.05, 0) is 31.5 Å². The quantitative estimate of drug-likeness (QED) is 0.889. The van der Waals surface area contributed by atoms with Crippen molar-refractivity contribution in [2.45, 2.75) is 33.0 Å². The van der Waals surface area contributed by atoms with Crippen LogP contribution in [0.15, 0.2) is 24.3 Å². The maximum absolute atomic E-state index is 12.0. The van der Waals surface area contributed by atoms with Crippen LogP contribution in [-0.2, 0) is 6.54 Å². The molecule has 108 valence electrons. The van der Waals surface area contributed by atoms with Crippen molar-refractivity contribution in [3.05, 3.63) is 39.8 Å². The third-order valence-electron chi connectivity index (χ3n) is 2.73. The Morgan fingerprint density at radius 2 is 1.95 bits per heavy atom. The summed E-state index contributed by atoms with van der Waals surface area (Å²) >= 11 is 1.55. The van der Waals surface area contributed by atoms with Gasteiger partial charge in [-0.3, -0.25) is 0 Å². The van der Waals surface area contributed by atoms with Gasteiger partial charge < -0.3 is 10.1 Å². The Morgan fingerprint density at radius 3 is 2.50 bits per heavy atom. The van der Waals surface area contributed by atoms with Gasteiger partial charge in [0.15, 0.2) is 0 Å². The number of rotatable bonds is 6. The molecule has 0 bridgehead atoms. The van der Waals surface area contributed by atoms with E-state index in [4.69, 9.17) is 0 Å². The molecule has 0 amide bonds. The van der Waals surface area contributed by atoms with Crippen molar-refractivity contribution >= 4 is 11.3 Å². The molecular formula is C13H15F2N3OS. The van der Waals surface area contributed by atoms with E-state index < -0.39 is 6.61 Å². The first-order valence-corrected chi connectivity index (χ1v) is 6.93. The predicted octanol–water partition coefficient (Wildman–Crippen LogP) is 3.30. The van der Waals surface area contributed by atoms with Crippen LogP contribution < -0.4 is 10.1 Å². The lowest BCUT2D eigenvalue weighted by Gasteiger charge is -2.13. The molecule has 0 unspecified atom stereocenters. The molecule has 0 aliphatic heterocycles. The molecule has 0 aliphatic rings. The summed E-state index contributed by atoms with van der Waals surface area (Å²) in [5.41, 5.74) is 0.993. The number of benzene rings is 1. The number of nitrogens with one attached hydrogen (secondary N) is 1. The third-order valence-corrected chi connectivity index (χ3v) is 3.57. The van der Waals surface area contributed by atoms with Crippen LogP contribution in [0.5, 0.6) is 5.75 Å². The molecule has 1 atom stereocenters. The first kappa shape index (κ1) is 14.8. The van der Waals surface area contributed by atoms with Crippen LogP contribution in [0.2, 0.25) is 0 Å². The fourth-order valence-electron chi connectivity index (χ4n) is 1.71. The Bertz CT molecular complexity index is 545. The van der Waals surface area contributed by atoms with Crippen molar-refractivity contribution in [2.75, 3.05) is 0 Å². The second-order valence-electron chi connectivity index (χ2n) is 4.26. The van der Waals surface area contributed by atoms with E-state index in [1.54, 1.807) is 23.5 Å². The summed E-state index contributed by atoms with van der Waals surface area (Å²) in [4.78, 5) is 0. The molecule has 0 radical (unpaired) electrons. The Balaban J connectivity index is 1.90. The van der Waals surface area contributed by atoms with Gasteiger partial charge in [0, 0.05) is 6.04 Å². The maximum atomic E-state index is 12.0. The van der Waals surface area contributed by atoms with Gasteiger partial charge in [-0.2, -0.15) is 8.78 Å². The lowest BCUT2D eigenvalue weighted by atomic mass is 10.1. The van der Waals surface area contributed by atoms with Gasteiger partial charge in [0.05, 0.1) is 6.54 Å². The monoisotopic (exact) mass is 299 g/mol. The van der Waals surface area contributed by atoms with Gasteiger partial charge in [-0.1, -0.05) is 12.1 Å². The van der Waals surface area contributed by atoms with Crippen LogP contribution in [0.25, 0.3) is 0 Å². The van der Waals surface area contributed by atoms with Crippen LogP contribution in [0.1, 0.15) is 28.5 Å². The van der Waals surface area contributed by atoms with E-state index >= 15 is 0 Å². The number of ether oxygens (including phenoxy) is 1. The Morgan fingerprint density at radius 1 is 1.25 bits per heavy atom. The lowest BCUT2D eigenvalue weighted by molar-refractivity contribution is -0.0498. The fourth-order valence-corrected chi connectivity index (χ4v) is 2.36. The summed E-state index contributed by atoms with van der Waals surface area (Å²) < 4.78 is 28.4. The second-order valence-corrected chi connectivity index (χ2v) is 5.53. The molecule has 1 aromatic carbocycles. The van der Waals surface area contributed by atoms with Crippen molar-refractivity contribution in [1.29, 1.82) is 0 Å². The van der Waals surface area contributed by atoms with Crippen molar-refractivity contribution < 1.29 is 13.5 Å². The van der Waals surface area contributed by atoms with E-state index in [0.29, 0.717) is 6.54 Å². The summed E-state index contributed by atoms with van der Waals surface area (Å²) in [5, 5.41) is 13.1. The molecule has 1 N–H and O–H groups in total. The molecule has 0 saturated carbocycles. The summed E-state index contributed by atoms with van der Waals surface area (Å²) in [6, 6.07) is 6.69. The van der Waals surface area contributed by atoms with E-state index in [0.717, 1.165) is 15.6 Å². The van der Waals surface area contributed by atoms with Crippen molar-refractivity contribution in [3.8, 4) is 5.75 Å². The van der Waals surface area contributed by atoms with E-state index in [-0.39, 0.29) is 11.8 Å². The highest BCUT2D eigenvalue weighted by atomic mass is 32.1. The first-order chi connectivity index (χ1) is 9.54. The molecular weight excluding hydrogens is 284 g/mol. The van der Waals surface area contributed by atoms with Gasteiger partial charge in [-0.25, -0.2) is 0 Å². The maximum Gasteiger partial charge on any atom is 0.387 e. The average Bonchev–Trinajstić information content (AvgIpc) is 2.82. The molecule has 1 aromatic heterocycles. The van der Waals surface area contributed by atoms with Crippen LogP contribution in [0.3, 0.4) is 0 Å². The lowest BCUT2D eigenvalue weighted by Crippen LogP contribution is -2.18. The molecule has 0 saturated heterocycles. The summed E-state index contributed by atoms with van der Waals surface area (Å²) in [7, 11) is 0. The van der Waals surface area contributed by atoms with Crippen molar-refractivity contribution in [2.24, 2.45) is 0 Å². The van der Waals surface area contributed by atoms with Crippen LogP contribution >= 0.6 is 11.3 Å². The minimum Gasteiger partial charge on any atom is -0.435 e. The molecule has 0 spiro atoms. The predicted molar refractivity (Wildman–Crippen MR) is 73.0 cm³/mol. The minimum absolute atomic E-state index is 0.0832. The van der Waals surface area contributed by atoms with Gasteiger partial charge in [0.2, 0.25) is 0 Å². The van der Waals surface area contributed by atoms with Gasteiger partial charge in [0.1, 0.15) is 15.8 Å². The third kappa shape index (κ3) is 4.21. The summed E-state index contributed by atoms with van der Waals surface area (Å²) in [5.74, 6) is 0.163. The second kappa shape index (κ2) is 6.71. The smallest absolute Gasteiger partial charge is 0.387 e. The zero-order valence-corrected chi connectivity index (χ0v) is 12.0. The Hall–Kier alpha value is -1.60. The molecule has 2 aromatic rings. The highest BCUT2D eigenvalue weighted by molar-refractivity contribution is 7.11. The van der Waals surface area contributed by atoms with E-state index in [2.05, 4.69) is 20.3 Å². The number of nitrogens with zero attached hydrogens (tertiary/aromatic N) is 2. The van der Waals surface area contributed by atoms with E-state index in [1.807, 2.05) is 13.8 Å². The van der Waals surface area contributed by atoms with Crippen LogP contribution in [0.4, 0.5) is 8.78 Å². The summed E-state index contributed by atoms with van der Waals surface area (Å²) in [6.45, 7) is 1.74. The number of alkyl halides is 2. The number of hydrogen-bond acceptors (Lipinski definition) is 5. The molecule has 4 nitrogen and oxygen atoms in total. The molecule has 1 heterocycles. The number of halogens is 2. The first-order valence-electron chi connectivity index (χ1n) is 6.11. The van der Waals surface area contributed by atoms with Crippen molar-refractivity contribution in [3.63, 3.8) is 0 Å². The molecule has 20 heavy (non-hydrogen) atoms. The fraction of sp³-hybridized carbons (Fsp3) is 0.385. The SMILES string of the molecule is Cc1nnc(CN[C@@H](C)c2ccc(OC(F)F)cc2)s1. The molecule has 0 aliphatic carbocycles. The molecule has 7 heteroatoms. The number of aryl methyl sites for hydroxylation is 1. The van der Waals surface area contributed by atoms with E-state index in [1.165, 1.54) is 12.1 Å². The van der Waals surface area contributed by atoms with Gasteiger partial charge in [-0.15, -0.1) is 21.5 Å². The average molecular weight is 299 g/mol. The number of aromatic nitrogens is 2. The zero-order chi connectivity index (χ0) is 14.5. The Kier molecular flexibility index (Phi) is 4.97. The standard InChI is InChI=1S/C13H15F2N3OS/c1-8(16-7-12-18-17-9(2)20-12)10-3-5-11(6-4-10)19-13(14)15/h3-6,8,13,16H,7H2,1-2H3/t8-/m0/s1. The molecule has 2 rings (SSSR count). The highest BCUT2D eigenvalue weighted by Gasteiger charge is 2.08. The number of hydrogen-bond donors (Lipinski definition) is 1. The Labute approximate surface area is 119 Å². The largest absolute Gasteiger partial charge is 0.435 e. The zero-order valence-electron chi connectivity index (χ0n) is 11.1. The topological polar surface area (TPSA) is 47.0 Å². The molecule has 0 fully saturated rings. The van der Waals surface area contributed by atoms with Gasteiger partial charge in [0.25, 0.3) is 0 Å². The van der Waals surface area contributed by atoms with E-state index in [9.17, 15) is 8.78 Å². The van der Waals surface area contributed by atoms with Crippen LogP contribution in [0, 0.1) is 6.92 Å². The normalized spacial score (nSPS) is 12.7. The minimum atomic E-state index is -2.79. The highest BCUT2D eigenvalue weighted by Crippen LogP contribution is 2.19.